The number of nitrogens with zero attached hydrogens (tertiary/aromatic N) is 2. The molecule has 0 aliphatic rings. The molecule has 0 aliphatic carbocycles. The fourth-order valence-electron chi connectivity index (χ4n) is 2.48. The first kappa shape index (κ1) is 13.4. The van der Waals surface area contributed by atoms with Gasteiger partial charge in [0.2, 0.25) is 0 Å². The molecule has 0 radical (unpaired) electrons. The van der Waals surface area contributed by atoms with Crippen LogP contribution in [0.3, 0.4) is 0 Å². The van der Waals surface area contributed by atoms with Crippen LogP contribution >= 0.6 is 0 Å². The van der Waals surface area contributed by atoms with Gasteiger partial charge in [0.05, 0.1) is 5.52 Å². The lowest BCUT2D eigenvalue weighted by Gasteiger charge is -2.21. The van der Waals surface area contributed by atoms with Crippen LogP contribution in [0.2, 0.25) is 0 Å². The SMILES string of the molecule is CN(Cc1cccc(F)c1)c1ccnc2cc(N)ccc12. The Balaban J connectivity index is 1.96. The third-order valence-electron chi connectivity index (χ3n) is 3.46. The normalized spacial score (nSPS) is 10.8. The lowest BCUT2D eigenvalue weighted by Crippen LogP contribution is -2.16. The summed E-state index contributed by atoms with van der Waals surface area (Å²) >= 11 is 0. The number of halogens is 1. The molecule has 4 heteroatoms. The van der Waals surface area contributed by atoms with Gasteiger partial charge in [-0.1, -0.05) is 12.1 Å². The fourth-order valence-corrected chi connectivity index (χ4v) is 2.48. The van der Waals surface area contributed by atoms with E-state index < -0.39 is 0 Å². The molecule has 106 valence electrons. The summed E-state index contributed by atoms with van der Waals surface area (Å²) in [6.45, 7) is 0.626. The molecule has 0 bridgehead atoms. The van der Waals surface area contributed by atoms with Crippen molar-refractivity contribution in [1.82, 2.24) is 4.98 Å². The quantitative estimate of drug-likeness (QED) is 0.746. The maximum atomic E-state index is 13.3. The molecule has 0 amide bonds. The van der Waals surface area contributed by atoms with Crippen LogP contribution in [-0.4, -0.2) is 12.0 Å². The molecule has 0 unspecified atom stereocenters. The van der Waals surface area contributed by atoms with Gasteiger partial charge < -0.3 is 10.6 Å². The van der Waals surface area contributed by atoms with E-state index in [4.69, 9.17) is 5.73 Å². The van der Waals surface area contributed by atoms with E-state index in [1.54, 1.807) is 18.3 Å². The van der Waals surface area contributed by atoms with Crippen LogP contribution in [0.25, 0.3) is 10.9 Å². The van der Waals surface area contributed by atoms with Crippen molar-refractivity contribution in [3.8, 4) is 0 Å². The van der Waals surface area contributed by atoms with Crippen molar-refractivity contribution in [1.29, 1.82) is 0 Å². The molecule has 3 rings (SSSR count). The second-order valence-electron chi connectivity index (χ2n) is 5.09. The minimum Gasteiger partial charge on any atom is -0.399 e. The highest BCUT2D eigenvalue weighted by molar-refractivity contribution is 5.93. The molecule has 0 atom stereocenters. The lowest BCUT2D eigenvalue weighted by atomic mass is 10.1. The Labute approximate surface area is 122 Å². The average molecular weight is 281 g/mol. The number of nitrogens with two attached hydrogens (primary N) is 1. The first-order valence-electron chi connectivity index (χ1n) is 6.73. The zero-order valence-corrected chi connectivity index (χ0v) is 11.8. The highest BCUT2D eigenvalue weighted by Crippen LogP contribution is 2.27. The second kappa shape index (κ2) is 5.40. The Bertz CT molecular complexity index is 786. The third-order valence-corrected chi connectivity index (χ3v) is 3.46. The summed E-state index contributed by atoms with van der Waals surface area (Å²) in [5.41, 5.74) is 9.32. The summed E-state index contributed by atoms with van der Waals surface area (Å²) in [7, 11) is 1.98. The van der Waals surface area contributed by atoms with Crippen LogP contribution in [-0.2, 0) is 6.54 Å². The van der Waals surface area contributed by atoms with Crippen LogP contribution < -0.4 is 10.6 Å². The molecule has 1 aromatic heterocycles. The highest BCUT2D eigenvalue weighted by atomic mass is 19.1. The van der Waals surface area contributed by atoms with Gasteiger partial charge in [-0.3, -0.25) is 4.98 Å². The van der Waals surface area contributed by atoms with Crippen LogP contribution in [0.5, 0.6) is 0 Å². The Morgan fingerprint density at radius 2 is 2.00 bits per heavy atom. The summed E-state index contributed by atoms with van der Waals surface area (Å²) in [5, 5.41) is 1.03. The van der Waals surface area contributed by atoms with Crippen molar-refractivity contribution in [2.24, 2.45) is 0 Å². The predicted octanol–water partition coefficient (Wildman–Crippen LogP) is 3.59. The molecule has 2 N–H and O–H groups in total. The number of nitrogen functional groups attached to an aromatic ring is 1. The number of fused-ring (bicyclic) bond motifs is 1. The molecule has 2 aromatic carbocycles. The number of benzene rings is 2. The van der Waals surface area contributed by atoms with Crippen LogP contribution in [0.15, 0.2) is 54.7 Å². The molecule has 0 spiro atoms. The van der Waals surface area contributed by atoms with Crippen LogP contribution in [0.1, 0.15) is 5.56 Å². The molecule has 0 aliphatic heterocycles. The molecule has 3 nitrogen and oxygen atoms in total. The second-order valence-corrected chi connectivity index (χ2v) is 5.09. The lowest BCUT2D eigenvalue weighted by molar-refractivity contribution is 0.625. The van der Waals surface area contributed by atoms with Gasteiger partial charge in [0.25, 0.3) is 0 Å². The zero-order valence-electron chi connectivity index (χ0n) is 11.8. The Hall–Kier alpha value is -2.62. The van der Waals surface area contributed by atoms with Gasteiger partial charge in [0, 0.05) is 36.6 Å². The first-order chi connectivity index (χ1) is 10.1. The minimum atomic E-state index is -0.215. The number of aromatic nitrogens is 1. The fraction of sp³-hybridized carbons (Fsp3) is 0.118. The number of anilines is 2. The van der Waals surface area contributed by atoms with Crippen molar-refractivity contribution in [2.75, 3.05) is 17.7 Å². The van der Waals surface area contributed by atoms with Crippen molar-refractivity contribution in [2.45, 2.75) is 6.54 Å². The first-order valence-corrected chi connectivity index (χ1v) is 6.73. The van der Waals surface area contributed by atoms with Gasteiger partial charge >= 0.3 is 0 Å². The molecular formula is C17H16FN3. The molecule has 0 fully saturated rings. The van der Waals surface area contributed by atoms with E-state index in [9.17, 15) is 4.39 Å². The monoisotopic (exact) mass is 281 g/mol. The summed E-state index contributed by atoms with van der Waals surface area (Å²) in [5.74, 6) is -0.215. The zero-order chi connectivity index (χ0) is 14.8. The maximum Gasteiger partial charge on any atom is 0.123 e. The number of pyridine rings is 1. The van der Waals surface area contributed by atoms with Crippen molar-refractivity contribution in [3.05, 3.63) is 66.1 Å². The van der Waals surface area contributed by atoms with E-state index in [0.717, 1.165) is 22.2 Å². The Morgan fingerprint density at radius 3 is 2.81 bits per heavy atom. The van der Waals surface area contributed by atoms with Gasteiger partial charge in [-0.25, -0.2) is 4.39 Å². The summed E-state index contributed by atoms with van der Waals surface area (Å²) < 4.78 is 13.3. The maximum absolute atomic E-state index is 13.3. The minimum absolute atomic E-state index is 0.215. The van der Waals surface area contributed by atoms with E-state index in [-0.39, 0.29) is 5.82 Å². The number of hydrogen-bond donors (Lipinski definition) is 1. The molecule has 21 heavy (non-hydrogen) atoms. The molecule has 3 aromatic rings. The van der Waals surface area contributed by atoms with Crippen LogP contribution in [0, 0.1) is 5.82 Å². The largest absolute Gasteiger partial charge is 0.399 e. The summed E-state index contributed by atoms with van der Waals surface area (Å²) in [6, 6.07) is 14.3. The van der Waals surface area contributed by atoms with Crippen molar-refractivity contribution >= 4 is 22.3 Å². The smallest absolute Gasteiger partial charge is 0.123 e. The summed E-state index contributed by atoms with van der Waals surface area (Å²) in [4.78, 5) is 6.42. The summed E-state index contributed by atoms with van der Waals surface area (Å²) in [6.07, 6.45) is 1.76. The van der Waals surface area contributed by atoms with E-state index in [1.165, 1.54) is 6.07 Å². The molecule has 0 saturated carbocycles. The van der Waals surface area contributed by atoms with E-state index in [0.29, 0.717) is 12.2 Å². The van der Waals surface area contributed by atoms with Crippen molar-refractivity contribution < 1.29 is 4.39 Å². The average Bonchev–Trinajstić information content (AvgIpc) is 2.46. The predicted molar refractivity (Wildman–Crippen MR) is 84.7 cm³/mol. The van der Waals surface area contributed by atoms with Gasteiger partial charge in [0.1, 0.15) is 5.82 Å². The topological polar surface area (TPSA) is 42.2 Å². The van der Waals surface area contributed by atoms with E-state index in [1.807, 2.05) is 37.4 Å². The van der Waals surface area contributed by atoms with Gasteiger partial charge in [-0.05, 0) is 42.0 Å². The van der Waals surface area contributed by atoms with Crippen LogP contribution in [0.4, 0.5) is 15.8 Å². The third kappa shape index (κ3) is 2.79. The molecule has 0 saturated heterocycles. The van der Waals surface area contributed by atoms with Gasteiger partial charge in [-0.15, -0.1) is 0 Å². The molecule has 1 heterocycles. The van der Waals surface area contributed by atoms with Crippen molar-refractivity contribution in [3.63, 3.8) is 0 Å². The van der Waals surface area contributed by atoms with Gasteiger partial charge in [-0.2, -0.15) is 0 Å². The highest BCUT2D eigenvalue weighted by Gasteiger charge is 2.08. The Kier molecular flexibility index (Phi) is 3.44. The van der Waals surface area contributed by atoms with E-state index in [2.05, 4.69) is 9.88 Å². The van der Waals surface area contributed by atoms with Gasteiger partial charge in [0.15, 0.2) is 0 Å². The standard InChI is InChI=1S/C17H16FN3/c1-21(11-12-3-2-4-13(18)9-12)17-7-8-20-16-10-14(19)5-6-15(16)17/h2-10H,11,19H2,1H3. The molecular weight excluding hydrogens is 265 g/mol. The number of rotatable bonds is 3. The number of hydrogen-bond acceptors (Lipinski definition) is 3. The van der Waals surface area contributed by atoms with E-state index >= 15 is 0 Å². The Morgan fingerprint density at radius 1 is 1.14 bits per heavy atom.